The lowest BCUT2D eigenvalue weighted by Crippen LogP contribution is -2.64. The van der Waals surface area contributed by atoms with Crippen molar-refractivity contribution in [3.8, 4) is 0 Å². The van der Waals surface area contributed by atoms with Gasteiger partial charge in [-0.25, -0.2) is 0 Å². The minimum atomic E-state index is -1.04. The monoisotopic (exact) mass is 320 g/mol. The van der Waals surface area contributed by atoms with Crippen LogP contribution in [0.15, 0.2) is 36.4 Å². The summed E-state index contributed by atoms with van der Waals surface area (Å²) in [5.74, 6) is -0.0752. The maximum atomic E-state index is 13.3. The summed E-state index contributed by atoms with van der Waals surface area (Å²) in [6.45, 7) is 7.49. The Kier molecular flexibility index (Phi) is 2.78. The zero-order chi connectivity index (χ0) is 17.3. The van der Waals surface area contributed by atoms with Gasteiger partial charge in [-0.1, -0.05) is 24.3 Å². The van der Waals surface area contributed by atoms with Crippen LogP contribution in [0.4, 0.5) is 11.4 Å². The summed E-state index contributed by atoms with van der Waals surface area (Å²) in [5, 5.41) is 6.67. The van der Waals surface area contributed by atoms with E-state index in [-0.39, 0.29) is 11.6 Å². The van der Waals surface area contributed by atoms with Gasteiger partial charge in [-0.15, -0.1) is 0 Å². The molecule has 2 N–H and O–H groups in total. The van der Waals surface area contributed by atoms with E-state index in [0.717, 1.165) is 22.5 Å². The van der Waals surface area contributed by atoms with E-state index in [0.29, 0.717) is 11.1 Å². The summed E-state index contributed by atoms with van der Waals surface area (Å²) in [5.41, 5.74) is 2.74. The van der Waals surface area contributed by atoms with E-state index in [1.165, 1.54) is 0 Å². The summed E-state index contributed by atoms with van der Waals surface area (Å²) in [6.07, 6.45) is 0. The first-order chi connectivity index (χ1) is 11.3. The summed E-state index contributed by atoms with van der Waals surface area (Å²) >= 11 is 0. The van der Waals surface area contributed by atoms with Crippen molar-refractivity contribution in [2.24, 2.45) is 0 Å². The average molecular weight is 320 g/mol. The Bertz CT molecular complexity index is 842. The maximum Gasteiger partial charge on any atom is 0.193 e. The number of rotatable bonds is 1. The molecule has 0 saturated heterocycles. The predicted molar refractivity (Wildman–Crippen MR) is 95.1 cm³/mol. The van der Waals surface area contributed by atoms with Gasteiger partial charge >= 0.3 is 0 Å². The number of carbonyl (C=O) groups excluding carboxylic acids is 2. The molecule has 0 saturated carbocycles. The first-order valence-electron chi connectivity index (χ1n) is 8.15. The van der Waals surface area contributed by atoms with E-state index in [9.17, 15) is 9.59 Å². The quantitative estimate of drug-likeness (QED) is 0.840. The second kappa shape index (κ2) is 4.47. The molecule has 2 aliphatic heterocycles. The molecule has 4 rings (SSSR count). The molecular weight excluding hydrogens is 300 g/mol. The Morgan fingerprint density at radius 2 is 1.08 bits per heavy atom. The Morgan fingerprint density at radius 1 is 0.708 bits per heavy atom. The largest absolute Gasteiger partial charge is 0.370 e. The molecule has 0 aliphatic carbocycles. The maximum absolute atomic E-state index is 13.3. The zero-order valence-electron chi connectivity index (χ0n) is 14.3. The van der Waals surface area contributed by atoms with Gasteiger partial charge in [0.1, 0.15) is 11.1 Å². The topological polar surface area (TPSA) is 58.2 Å². The number of hydrogen-bond acceptors (Lipinski definition) is 4. The second-order valence-corrected chi connectivity index (χ2v) is 7.15. The van der Waals surface area contributed by atoms with Crippen LogP contribution in [0.25, 0.3) is 0 Å². The molecule has 0 aromatic heterocycles. The van der Waals surface area contributed by atoms with Crippen molar-refractivity contribution in [3.63, 3.8) is 0 Å². The molecule has 4 nitrogen and oxygen atoms in total. The highest BCUT2D eigenvalue weighted by molar-refractivity contribution is 6.24. The van der Waals surface area contributed by atoms with Crippen molar-refractivity contribution in [2.45, 2.75) is 38.8 Å². The van der Waals surface area contributed by atoms with Gasteiger partial charge in [0.2, 0.25) is 0 Å². The molecule has 0 spiro atoms. The van der Waals surface area contributed by atoms with Crippen LogP contribution in [0.2, 0.25) is 0 Å². The lowest BCUT2D eigenvalue weighted by atomic mass is 9.73. The third-order valence-electron chi connectivity index (χ3n) is 5.68. The number of ketones is 2. The van der Waals surface area contributed by atoms with Gasteiger partial charge in [-0.3, -0.25) is 9.59 Å². The molecular formula is C20H20N2O2. The molecule has 24 heavy (non-hydrogen) atoms. The summed E-state index contributed by atoms with van der Waals surface area (Å²) < 4.78 is 0. The fourth-order valence-corrected chi connectivity index (χ4v) is 4.00. The van der Waals surface area contributed by atoms with Gasteiger partial charge in [-0.2, -0.15) is 0 Å². The lowest BCUT2D eigenvalue weighted by molar-refractivity contribution is 0.0781. The number of nitrogens with one attached hydrogen (secondary N) is 2. The van der Waals surface area contributed by atoms with E-state index in [2.05, 4.69) is 10.6 Å². The van der Waals surface area contributed by atoms with Gasteiger partial charge in [0, 0.05) is 22.5 Å². The number of hydrogen-bond donors (Lipinski definition) is 2. The third-order valence-corrected chi connectivity index (χ3v) is 5.68. The van der Waals surface area contributed by atoms with Crippen molar-refractivity contribution >= 4 is 22.9 Å². The minimum absolute atomic E-state index is 0.0376. The molecule has 2 aromatic carbocycles. The first-order valence-corrected chi connectivity index (χ1v) is 8.15. The van der Waals surface area contributed by atoms with E-state index < -0.39 is 11.1 Å². The molecule has 0 bridgehead atoms. The van der Waals surface area contributed by atoms with Crippen molar-refractivity contribution < 1.29 is 9.59 Å². The highest BCUT2D eigenvalue weighted by atomic mass is 16.1. The van der Waals surface area contributed by atoms with Gasteiger partial charge in [0.15, 0.2) is 11.6 Å². The van der Waals surface area contributed by atoms with Crippen LogP contribution in [0.1, 0.15) is 45.7 Å². The lowest BCUT2D eigenvalue weighted by Gasteiger charge is -2.39. The number of carbonyl (C=O) groups is 2. The Balaban J connectivity index is 1.86. The normalized spacial score (nSPS) is 27.5. The van der Waals surface area contributed by atoms with Crippen LogP contribution in [0, 0.1) is 13.8 Å². The van der Waals surface area contributed by atoms with Crippen LogP contribution in [-0.2, 0) is 0 Å². The molecule has 122 valence electrons. The van der Waals surface area contributed by atoms with Gasteiger partial charge in [0.05, 0.1) is 0 Å². The molecule has 2 aliphatic rings. The standard InChI is InChI=1S/C20H20N2O2/c1-11-7-5-9-13-15(11)17(23)19(3,21-13)20(4)18(24)16-12(2)8-6-10-14(16)22-20/h5-10,21-22H,1-4H3/t19-,20-/m1/s1. The molecule has 0 amide bonds. The first kappa shape index (κ1) is 14.9. The number of benzene rings is 2. The smallest absolute Gasteiger partial charge is 0.193 e. The van der Waals surface area contributed by atoms with Crippen LogP contribution in [-0.4, -0.2) is 22.6 Å². The van der Waals surface area contributed by atoms with Crippen molar-refractivity contribution in [2.75, 3.05) is 10.6 Å². The van der Waals surface area contributed by atoms with E-state index in [4.69, 9.17) is 0 Å². The molecule has 2 atom stereocenters. The molecule has 2 aromatic rings. The van der Waals surface area contributed by atoms with E-state index in [1.807, 2.05) is 64.1 Å². The van der Waals surface area contributed by atoms with Crippen molar-refractivity contribution in [1.29, 1.82) is 0 Å². The van der Waals surface area contributed by atoms with E-state index >= 15 is 0 Å². The SMILES string of the molecule is Cc1cccc2c1C(=O)[C@](C)([C@]1(C)Nc3cccc(C)c3C1=O)N2. The fourth-order valence-electron chi connectivity index (χ4n) is 4.00. The van der Waals surface area contributed by atoms with Crippen LogP contribution in [0.5, 0.6) is 0 Å². The summed E-state index contributed by atoms with van der Waals surface area (Å²) in [6, 6.07) is 11.5. The van der Waals surface area contributed by atoms with Crippen molar-refractivity contribution in [1.82, 2.24) is 0 Å². The summed E-state index contributed by atoms with van der Waals surface area (Å²) in [4.78, 5) is 26.5. The van der Waals surface area contributed by atoms with Crippen molar-refractivity contribution in [3.05, 3.63) is 58.7 Å². The van der Waals surface area contributed by atoms with Crippen LogP contribution >= 0.6 is 0 Å². The molecule has 2 heterocycles. The van der Waals surface area contributed by atoms with Gasteiger partial charge < -0.3 is 10.6 Å². The van der Waals surface area contributed by atoms with E-state index in [1.54, 1.807) is 0 Å². The molecule has 0 unspecified atom stereocenters. The molecule has 0 radical (unpaired) electrons. The minimum Gasteiger partial charge on any atom is -0.370 e. The number of Topliss-reactive ketones (excluding diaryl/α,β-unsaturated/α-hetero) is 2. The second-order valence-electron chi connectivity index (χ2n) is 7.15. The average Bonchev–Trinajstić information content (AvgIpc) is 2.95. The Labute approximate surface area is 141 Å². The van der Waals surface area contributed by atoms with Crippen LogP contribution < -0.4 is 10.6 Å². The summed E-state index contributed by atoms with van der Waals surface area (Å²) in [7, 11) is 0. The predicted octanol–water partition coefficient (Wildman–Crippen LogP) is 3.74. The highest BCUT2D eigenvalue weighted by Crippen LogP contribution is 2.46. The number of aryl methyl sites for hydroxylation is 2. The molecule has 0 fully saturated rings. The van der Waals surface area contributed by atoms with Gasteiger partial charge in [0.25, 0.3) is 0 Å². The Morgan fingerprint density at radius 3 is 1.42 bits per heavy atom. The number of anilines is 2. The number of fused-ring (bicyclic) bond motifs is 2. The Hall–Kier alpha value is -2.62. The third kappa shape index (κ3) is 1.58. The van der Waals surface area contributed by atoms with Gasteiger partial charge in [-0.05, 0) is 51.0 Å². The highest BCUT2D eigenvalue weighted by Gasteiger charge is 2.61. The molecule has 4 heteroatoms. The van der Waals surface area contributed by atoms with Crippen LogP contribution in [0.3, 0.4) is 0 Å². The fraction of sp³-hybridized carbons (Fsp3) is 0.300. The zero-order valence-corrected chi connectivity index (χ0v) is 14.3.